The van der Waals surface area contributed by atoms with Crippen molar-refractivity contribution in [2.75, 3.05) is 26.2 Å². The Morgan fingerprint density at radius 1 is 1.00 bits per heavy atom. The lowest BCUT2D eigenvalue weighted by molar-refractivity contribution is -0.274. The van der Waals surface area contributed by atoms with Crippen molar-refractivity contribution < 1.29 is 17.9 Å². The lowest BCUT2D eigenvalue weighted by Gasteiger charge is -2.26. The van der Waals surface area contributed by atoms with Crippen molar-refractivity contribution in [3.63, 3.8) is 0 Å². The molecule has 7 nitrogen and oxygen atoms in total. The number of hydrogen-bond donors (Lipinski definition) is 1. The van der Waals surface area contributed by atoms with E-state index in [0.29, 0.717) is 12.2 Å². The number of halogens is 3. The third-order valence-electron chi connectivity index (χ3n) is 4.59. The molecular formula is C19H19F3N6O. The summed E-state index contributed by atoms with van der Waals surface area (Å²) < 4.78 is 42.8. The number of piperazine rings is 1. The summed E-state index contributed by atoms with van der Waals surface area (Å²) in [6.45, 7) is 4.28. The summed E-state index contributed by atoms with van der Waals surface area (Å²) in [5.41, 5.74) is 3.06. The minimum atomic E-state index is -4.73. The van der Waals surface area contributed by atoms with Crippen molar-refractivity contribution in [2.45, 2.75) is 12.9 Å². The van der Waals surface area contributed by atoms with Crippen LogP contribution in [0.1, 0.15) is 5.69 Å². The average molecular weight is 404 g/mol. The van der Waals surface area contributed by atoms with Crippen LogP contribution in [0.2, 0.25) is 0 Å². The highest BCUT2D eigenvalue weighted by Crippen LogP contribution is 2.28. The van der Waals surface area contributed by atoms with E-state index in [4.69, 9.17) is 0 Å². The number of aromatic nitrogens is 4. The van der Waals surface area contributed by atoms with Gasteiger partial charge < -0.3 is 10.1 Å². The molecule has 10 heteroatoms. The van der Waals surface area contributed by atoms with Gasteiger partial charge in [-0.1, -0.05) is 5.21 Å². The molecular weight excluding hydrogens is 385 g/mol. The van der Waals surface area contributed by atoms with Gasteiger partial charge in [0.05, 0.1) is 11.4 Å². The lowest BCUT2D eigenvalue weighted by Crippen LogP contribution is -2.43. The Bertz CT molecular complexity index is 937. The number of nitrogens with one attached hydrogen (secondary N) is 1. The van der Waals surface area contributed by atoms with Crippen LogP contribution in [-0.2, 0) is 6.54 Å². The van der Waals surface area contributed by atoms with Crippen molar-refractivity contribution in [3.8, 4) is 22.7 Å². The number of hydrogen-bond acceptors (Lipinski definition) is 6. The Balaban J connectivity index is 1.67. The Hall–Kier alpha value is -2.98. The predicted molar refractivity (Wildman–Crippen MR) is 99.4 cm³/mol. The predicted octanol–water partition coefficient (Wildman–Crippen LogP) is 2.63. The van der Waals surface area contributed by atoms with Crippen LogP contribution >= 0.6 is 0 Å². The van der Waals surface area contributed by atoms with Gasteiger partial charge in [0.15, 0.2) is 0 Å². The van der Waals surface area contributed by atoms with E-state index >= 15 is 0 Å². The molecule has 0 bridgehead atoms. The third-order valence-corrected chi connectivity index (χ3v) is 4.59. The Labute approximate surface area is 165 Å². The highest BCUT2D eigenvalue weighted by atomic mass is 19.4. The van der Waals surface area contributed by atoms with Crippen LogP contribution in [0.4, 0.5) is 13.2 Å². The molecule has 0 radical (unpaired) electrons. The van der Waals surface area contributed by atoms with E-state index in [1.807, 2.05) is 12.1 Å². The molecule has 2 aromatic heterocycles. The van der Waals surface area contributed by atoms with Crippen molar-refractivity contribution in [3.05, 3.63) is 54.5 Å². The smallest absolute Gasteiger partial charge is 0.406 e. The zero-order valence-corrected chi connectivity index (χ0v) is 15.4. The summed E-state index contributed by atoms with van der Waals surface area (Å²) in [5, 5.41) is 12.0. The average Bonchev–Trinajstić information content (AvgIpc) is 3.12. The third kappa shape index (κ3) is 4.72. The van der Waals surface area contributed by atoms with E-state index in [1.165, 1.54) is 24.3 Å². The quantitative estimate of drug-likeness (QED) is 0.705. The van der Waals surface area contributed by atoms with Crippen LogP contribution in [-0.4, -0.2) is 57.4 Å². The zero-order valence-electron chi connectivity index (χ0n) is 15.4. The van der Waals surface area contributed by atoms with Gasteiger partial charge in [0.2, 0.25) is 0 Å². The van der Waals surface area contributed by atoms with Gasteiger partial charge in [-0.3, -0.25) is 9.88 Å². The minimum Gasteiger partial charge on any atom is -0.406 e. The second-order valence-electron chi connectivity index (χ2n) is 6.60. The maximum absolute atomic E-state index is 12.4. The van der Waals surface area contributed by atoms with Crippen LogP contribution in [0.5, 0.6) is 5.75 Å². The summed E-state index contributed by atoms with van der Waals surface area (Å²) in [6, 6.07) is 9.28. The van der Waals surface area contributed by atoms with Gasteiger partial charge in [0, 0.05) is 50.7 Å². The second-order valence-corrected chi connectivity index (χ2v) is 6.60. The molecule has 1 aliphatic rings. The molecule has 1 saturated heterocycles. The molecule has 1 N–H and O–H groups in total. The van der Waals surface area contributed by atoms with Crippen LogP contribution in [0.25, 0.3) is 16.9 Å². The number of pyridine rings is 1. The van der Waals surface area contributed by atoms with Gasteiger partial charge >= 0.3 is 6.36 Å². The Morgan fingerprint density at radius 2 is 1.69 bits per heavy atom. The van der Waals surface area contributed by atoms with Gasteiger partial charge in [-0.15, -0.1) is 18.3 Å². The molecule has 1 aromatic carbocycles. The molecule has 0 amide bonds. The van der Waals surface area contributed by atoms with Crippen molar-refractivity contribution in [1.29, 1.82) is 0 Å². The van der Waals surface area contributed by atoms with Crippen LogP contribution < -0.4 is 10.1 Å². The fourth-order valence-corrected chi connectivity index (χ4v) is 3.27. The van der Waals surface area contributed by atoms with E-state index in [2.05, 4.69) is 30.2 Å². The fourth-order valence-electron chi connectivity index (χ4n) is 3.27. The molecule has 4 rings (SSSR count). The molecule has 0 spiro atoms. The van der Waals surface area contributed by atoms with E-state index in [-0.39, 0.29) is 5.75 Å². The zero-order chi connectivity index (χ0) is 20.3. The summed E-state index contributed by atoms with van der Waals surface area (Å²) >= 11 is 0. The standard InChI is InChI=1S/C19H19F3N6O/c20-19(21,22)29-16-3-1-15(2-4-16)28-18(14-5-7-23-8-6-14)17(25-26-28)13-27-11-9-24-10-12-27/h1-8,24H,9-13H2. The molecule has 0 aliphatic carbocycles. The number of ether oxygens (including phenoxy) is 1. The first-order chi connectivity index (χ1) is 14.0. The van der Waals surface area contributed by atoms with E-state index in [1.54, 1.807) is 17.1 Å². The van der Waals surface area contributed by atoms with Crippen molar-refractivity contribution >= 4 is 0 Å². The molecule has 0 unspecified atom stereocenters. The number of alkyl halides is 3. The first kappa shape index (κ1) is 19.3. The van der Waals surface area contributed by atoms with Crippen molar-refractivity contribution in [1.82, 2.24) is 30.2 Å². The molecule has 0 atom stereocenters. The summed E-state index contributed by atoms with van der Waals surface area (Å²) in [7, 11) is 0. The first-order valence-electron chi connectivity index (χ1n) is 9.14. The fraction of sp³-hybridized carbons (Fsp3) is 0.316. The largest absolute Gasteiger partial charge is 0.573 e. The summed E-state index contributed by atoms with van der Waals surface area (Å²) in [6.07, 6.45) is -1.36. The number of nitrogens with zero attached hydrogens (tertiary/aromatic N) is 5. The number of benzene rings is 1. The molecule has 3 heterocycles. The SMILES string of the molecule is FC(F)(F)Oc1ccc(-n2nnc(CN3CCNCC3)c2-c2ccncc2)cc1. The molecule has 1 fully saturated rings. The molecule has 29 heavy (non-hydrogen) atoms. The molecule has 3 aromatic rings. The lowest BCUT2D eigenvalue weighted by atomic mass is 10.1. The van der Waals surface area contributed by atoms with E-state index < -0.39 is 6.36 Å². The van der Waals surface area contributed by atoms with Gasteiger partial charge in [0.1, 0.15) is 11.4 Å². The van der Waals surface area contributed by atoms with Crippen molar-refractivity contribution in [2.24, 2.45) is 0 Å². The van der Waals surface area contributed by atoms with Gasteiger partial charge in [0.25, 0.3) is 0 Å². The second kappa shape index (κ2) is 8.18. The van der Waals surface area contributed by atoms with Crippen LogP contribution in [0, 0.1) is 0 Å². The highest BCUT2D eigenvalue weighted by Gasteiger charge is 2.31. The van der Waals surface area contributed by atoms with Crippen LogP contribution in [0.15, 0.2) is 48.8 Å². The van der Waals surface area contributed by atoms with Gasteiger partial charge in [-0.05, 0) is 36.4 Å². The molecule has 152 valence electrons. The highest BCUT2D eigenvalue weighted by molar-refractivity contribution is 5.63. The number of rotatable bonds is 5. The topological polar surface area (TPSA) is 68.1 Å². The monoisotopic (exact) mass is 404 g/mol. The maximum Gasteiger partial charge on any atom is 0.573 e. The van der Waals surface area contributed by atoms with E-state index in [0.717, 1.165) is 43.1 Å². The van der Waals surface area contributed by atoms with Gasteiger partial charge in [-0.2, -0.15) is 0 Å². The van der Waals surface area contributed by atoms with E-state index in [9.17, 15) is 13.2 Å². The Morgan fingerprint density at radius 3 is 2.34 bits per heavy atom. The normalized spacial score (nSPS) is 15.4. The first-order valence-corrected chi connectivity index (χ1v) is 9.14. The summed E-state index contributed by atoms with van der Waals surface area (Å²) in [4.78, 5) is 6.34. The Kier molecular flexibility index (Phi) is 5.45. The minimum absolute atomic E-state index is 0.284. The van der Waals surface area contributed by atoms with Crippen LogP contribution in [0.3, 0.4) is 0 Å². The molecule has 0 saturated carbocycles. The maximum atomic E-state index is 12.4. The van der Waals surface area contributed by atoms with Gasteiger partial charge in [-0.25, -0.2) is 4.68 Å². The molecule has 1 aliphatic heterocycles. The summed E-state index contributed by atoms with van der Waals surface area (Å²) in [5.74, 6) is -0.284.